The van der Waals surface area contributed by atoms with Gasteiger partial charge in [0.2, 0.25) is 5.12 Å². The Balaban J connectivity index is 1.57. The summed E-state index contributed by atoms with van der Waals surface area (Å²) in [6.45, 7) is 0. The molecule has 0 saturated carbocycles. The lowest BCUT2D eigenvalue weighted by Crippen LogP contribution is -1.95. The van der Waals surface area contributed by atoms with E-state index in [1.165, 1.54) is 11.8 Å². The van der Waals surface area contributed by atoms with E-state index in [9.17, 15) is 4.79 Å². The van der Waals surface area contributed by atoms with E-state index in [4.69, 9.17) is 0 Å². The second-order valence-corrected chi connectivity index (χ2v) is 6.41. The fraction of sp³-hybridized carbons (Fsp3) is 0.250. The number of hydrogen-bond acceptors (Lipinski definition) is 4. The Labute approximate surface area is 128 Å². The monoisotopic (exact) mass is 303 g/mol. The van der Waals surface area contributed by atoms with Crippen LogP contribution in [-0.2, 0) is 0 Å². The highest BCUT2D eigenvalue weighted by Gasteiger charge is 2.04. The van der Waals surface area contributed by atoms with Gasteiger partial charge in [0.25, 0.3) is 0 Å². The molecule has 4 heteroatoms. The number of aromatic nitrogens is 1. The van der Waals surface area contributed by atoms with E-state index in [2.05, 4.69) is 4.98 Å². The van der Waals surface area contributed by atoms with Gasteiger partial charge < -0.3 is 0 Å². The zero-order valence-electron chi connectivity index (χ0n) is 11.2. The molecule has 0 aliphatic carbocycles. The predicted octanol–water partition coefficient (Wildman–Crippen LogP) is 4.53. The number of carbonyl (C=O) groups excluding carboxylic acids is 1. The van der Waals surface area contributed by atoms with Crippen molar-refractivity contribution in [3.05, 3.63) is 60.3 Å². The van der Waals surface area contributed by atoms with Gasteiger partial charge in [0.15, 0.2) is 0 Å². The summed E-state index contributed by atoms with van der Waals surface area (Å²) in [6.07, 6.45) is 3.98. The standard InChI is InChI=1S/C16H17NOS2/c18-16(14-8-2-1-3-9-14)20-13-7-6-12-19-15-10-4-5-11-17-15/h1-5,8-11H,6-7,12-13H2. The maximum absolute atomic E-state index is 11.8. The summed E-state index contributed by atoms with van der Waals surface area (Å²) in [5.41, 5.74) is 0.792. The minimum Gasteiger partial charge on any atom is -0.282 e. The molecule has 0 aliphatic rings. The van der Waals surface area contributed by atoms with Crippen LogP contribution < -0.4 is 0 Å². The van der Waals surface area contributed by atoms with Gasteiger partial charge in [-0.1, -0.05) is 48.2 Å². The zero-order valence-corrected chi connectivity index (χ0v) is 12.8. The molecule has 0 bridgehead atoms. The predicted molar refractivity (Wildman–Crippen MR) is 87.4 cm³/mol. The first-order valence-electron chi connectivity index (χ1n) is 6.62. The van der Waals surface area contributed by atoms with Gasteiger partial charge in [-0.2, -0.15) is 0 Å². The molecule has 2 aromatic rings. The topological polar surface area (TPSA) is 30.0 Å². The summed E-state index contributed by atoms with van der Waals surface area (Å²) in [4.78, 5) is 16.1. The molecule has 2 nitrogen and oxygen atoms in total. The first-order chi connectivity index (χ1) is 9.86. The van der Waals surface area contributed by atoms with E-state index >= 15 is 0 Å². The summed E-state index contributed by atoms with van der Waals surface area (Å²) in [5.74, 6) is 1.94. The third-order valence-corrected chi connectivity index (χ3v) is 4.69. The zero-order chi connectivity index (χ0) is 14.0. The number of rotatable bonds is 7. The van der Waals surface area contributed by atoms with E-state index in [0.29, 0.717) is 0 Å². The molecule has 0 unspecified atom stereocenters. The van der Waals surface area contributed by atoms with Crippen molar-refractivity contribution in [3.63, 3.8) is 0 Å². The van der Waals surface area contributed by atoms with Crippen LogP contribution >= 0.6 is 23.5 Å². The van der Waals surface area contributed by atoms with Gasteiger partial charge in [-0.3, -0.25) is 4.79 Å². The average Bonchev–Trinajstić information content (AvgIpc) is 2.52. The van der Waals surface area contributed by atoms with Gasteiger partial charge >= 0.3 is 0 Å². The van der Waals surface area contributed by atoms with Crippen LogP contribution in [0.1, 0.15) is 23.2 Å². The van der Waals surface area contributed by atoms with E-state index < -0.39 is 0 Å². The fourth-order valence-corrected chi connectivity index (χ4v) is 3.34. The maximum Gasteiger partial charge on any atom is 0.219 e. The van der Waals surface area contributed by atoms with Crippen LogP contribution in [0, 0.1) is 0 Å². The van der Waals surface area contributed by atoms with Crippen molar-refractivity contribution in [1.82, 2.24) is 4.98 Å². The smallest absolute Gasteiger partial charge is 0.219 e. The normalized spacial score (nSPS) is 10.4. The maximum atomic E-state index is 11.8. The van der Waals surface area contributed by atoms with Crippen LogP contribution in [0.5, 0.6) is 0 Å². The molecule has 0 aliphatic heterocycles. The van der Waals surface area contributed by atoms with Gasteiger partial charge in [-0.15, -0.1) is 11.8 Å². The number of carbonyl (C=O) groups is 1. The van der Waals surface area contributed by atoms with Crippen molar-refractivity contribution in [2.75, 3.05) is 11.5 Å². The van der Waals surface area contributed by atoms with Gasteiger partial charge in [0, 0.05) is 17.5 Å². The minimum atomic E-state index is 0.169. The SMILES string of the molecule is O=C(SCCCCSc1ccccn1)c1ccccc1. The first kappa shape index (κ1) is 15.1. The first-order valence-corrected chi connectivity index (χ1v) is 8.59. The molecule has 0 saturated heterocycles. The molecule has 0 N–H and O–H groups in total. The van der Waals surface area contributed by atoms with Gasteiger partial charge in [0.05, 0.1) is 5.03 Å². The molecule has 20 heavy (non-hydrogen) atoms. The Morgan fingerprint density at radius 3 is 2.45 bits per heavy atom. The lowest BCUT2D eigenvalue weighted by Gasteiger charge is -2.02. The third kappa shape index (κ3) is 5.39. The molecule has 2 rings (SSSR count). The van der Waals surface area contributed by atoms with Crippen molar-refractivity contribution in [2.24, 2.45) is 0 Å². The Morgan fingerprint density at radius 1 is 0.950 bits per heavy atom. The van der Waals surface area contributed by atoms with Crippen LogP contribution in [0.15, 0.2) is 59.8 Å². The summed E-state index contributed by atoms with van der Waals surface area (Å²) in [7, 11) is 0. The van der Waals surface area contributed by atoms with E-state index in [-0.39, 0.29) is 5.12 Å². The van der Waals surface area contributed by atoms with Gasteiger partial charge in [0.1, 0.15) is 0 Å². The van der Waals surface area contributed by atoms with Crippen LogP contribution in [-0.4, -0.2) is 21.6 Å². The van der Waals surface area contributed by atoms with Crippen LogP contribution in [0.3, 0.4) is 0 Å². The second kappa shape index (κ2) is 8.82. The molecular weight excluding hydrogens is 286 g/mol. The molecule has 0 spiro atoms. The Bertz CT molecular complexity index is 517. The highest BCUT2D eigenvalue weighted by atomic mass is 32.2. The van der Waals surface area contributed by atoms with E-state index in [0.717, 1.165) is 34.9 Å². The van der Waals surface area contributed by atoms with Crippen LogP contribution in [0.2, 0.25) is 0 Å². The van der Waals surface area contributed by atoms with Gasteiger partial charge in [-0.05, 0) is 30.7 Å². The number of hydrogen-bond donors (Lipinski definition) is 0. The van der Waals surface area contributed by atoms with Crippen LogP contribution in [0.4, 0.5) is 0 Å². The largest absolute Gasteiger partial charge is 0.282 e. The van der Waals surface area contributed by atoms with Gasteiger partial charge in [-0.25, -0.2) is 4.98 Å². The van der Waals surface area contributed by atoms with Crippen molar-refractivity contribution in [3.8, 4) is 0 Å². The summed E-state index contributed by atoms with van der Waals surface area (Å²) < 4.78 is 0. The molecular formula is C16H17NOS2. The van der Waals surface area contributed by atoms with Crippen molar-refractivity contribution < 1.29 is 4.79 Å². The molecule has 1 aromatic carbocycles. The molecule has 0 amide bonds. The summed E-state index contributed by atoms with van der Waals surface area (Å²) in [5, 5.41) is 1.24. The quantitative estimate of drug-likeness (QED) is 0.555. The number of nitrogens with zero attached hydrogens (tertiary/aromatic N) is 1. The molecule has 0 radical (unpaired) electrons. The number of benzene rings is 1. The summed E-state index contributed by atoms with van der Waals surface area (Å²) >= 11 is 3.18. The molecule has 1 heterocycles. The average molecular weight is 303 g/mol. The van der Waals surface area contributed by atoms with Crippen molar-refractivity contribution in [2.45, 2.75) is 17.9 Å². The van der Waals surface area contributed by atoms with Crippen molar-refractivity contribution in [1.29, 1.82) is 0 Å². The second-order valence-electron chi connectivity index (χ2n) is 4.23. The lowest BCUT2D eigenvalue weighted by molar-refractivity contribution is 0.108. The number of pyridine rings is 1. The number of unbranched alkanes of at least 4 members (excludes halogenated alkanes) is 1. The van der Waals surface area contributed by atoms with Crippen molar-refractivity contribution >= 4 is 28.6 Å². The summed E-state index contributed by atoms with van der Waals surface area (Å²) in [6, 6.07) is 15.4. The minimum absolute atomic E-state index is 0.169. The van der Waals surface area contributed by atoms with Crippen LogP contribution in [0.25, 0.3) is 0 Å². The number of thioether (sulfide) groups is 2. The Hall–Kier alpha value is -1.26. The third-order valence-electron chi connectivity index (χ3n) is 2.67. The fourth-order valence-electron chi connectivity index (χ4n) is 1.64. The highest BCUT2D eigenvalue weighted by Crippen LogP contribution is 2.18. The molecule has 104 valence electrons. The molecule has 0 atom stereocenters. The lowest BCUT2D eigenvalue weighted by atomic mass is 10.2. The molecule has 0 fully saturated rings. The van der Waals surface area contributed by atoms with E-state index in [1.54, 1.807) is 11.8 Å². The Kier molecular flexibility index (Phi) is 6.68. The van der Waals surface area contributed by atoms with E-state index in [1.807, 2.05) is 54.7 Å². The Morgan fingerprint density at radius 2 is 1.70 bits per heavy atom. The molecule has 1 aromatic heterocycles. The highest BCUT2D eigenvalue weighted by molar-refractivity contribution is 8.14.